The van der Waals surface area contributed by atoms with E-state index in [-0.39, 0.29) is 18.9 Å². The van der Waals surface area contributed by atoms with Crippen LogP contribution < -0.4 is 10.5 Å². The number of aryl methyl sites for hydroxylation is 1. The number of pyridine rings is 1. The number of fused-ring (bicyclic) bond motifs is 2. The summed E-state index contributed by atoms with van der Waals surface area (Å²) in [4.78, 5) is 25.0. The van der Waals surface area contributed by atoms with Gasteiger partial charge in [0.05, 0.1) is 42.2 Å². The van der Waals surface area contributed by atoms with Crippen molar-refractivity contribution in [1.29, 1.82) is 5.26 Å². The molecular weight excluding hydrogens is 545 g/mol. The Morgan fingerprint density at radius 1 is 1.14 bits per heavy atom. The largest absolute Gasteiger partial charge is 0.494 e. The van der Waals surface area contributed by atoms with E-state index in [2.05, 4.69) is 16.7 Å². The van der Waals surface area contributed by atoms with Crippen LogP contribution in [0.1, 0.15) is 35.2 Å². The Balaban J connectivity index is 1.35. The van der Waals surface area contributed by atoms with Crippen LogP contribution in [0.3, 0.4) is 0 Å². The number of carbonyl (C=O) groups excluding carboxylic acids is 1. The Morgan fingerprint density at radius 3 is 2.70 bits per heavy atom. The lowest BCUT2D eigenvalue weighted by molar-refractivity contribution is 0.0606. The van der Waals surface area contributed by atoms with Gasteiger partial charge in [-0.1, -0.05) is 18.2 Å². The van der Waals surface area contributed by atoms with Gasteiger partial charge in [-0.3, -0.25) is 4.79 Å². The molecule has 2 aliphatic rings. The first-order chi connectivity index (χ1) is 20.8. The van der Waals surface area contributed by atoms with Gasteiger partial charge in [0.15, 0.2) is 5.82 Å². The number of imidazole rings is 1. The van der Waals surface area contributed by atoms with Crippen molar-refractivity contribution < 1.29 is 13.9 Å². The molecule has 1 aliphatic heterocycles. The molecule has 1 aliphatic carbocycles. The number of methoxy groups -OCH3 is 1. The molecule has 0 unspecified atom stereocenters. The molecule has 43 heavy (non-hydrogen) atoms. The van der Waals surface area contributed by atoms with Crippen LogP contribution in [0.5, 0.6) is 5.75 Å². The van der Waals surface area contributed by atoms with Crippen molar-refractivity contribution in [2.24, 2.45) is 18.7 Å². The number of ether oxygens (including phenoxy) is 1. The van der Waals surface area contributed by atoms with E-state index in [0.29, 0.717) is 34.9 Å². The fourth-order valence-electron chi connectivity index (χ4n) is 6.25. The fourth-order valence-corrected chi connectivity index (χ4v) is 6.25. The van der Waals surface area contributed by atoms with E-state index in [4.69, 9.17) is 20.4 Å². The topological polar surface area (TPSA) is 115 Å². The molecule has 0 bridgehead atoms. The molecule has 2 atom stereocenters. The van der Waals surface area contributed by atoms with E-state index >= 15 is 0 Å². The standard InChI is InChI=1S/C33H32FN7O2/c1-39-30-27(11-22(13-29(30)43-2)33(42)40-17-23(34)14-24(36)18-40)38-32(39)28-12-20-9-10-26(25-6-4-3-5-21(25)15-35)37-31(20)41(28)16-19-7-8-19/h3-6,9-13,19,23-24H,7-8,14,16-18,36H2,1-2H3/t23-,24-/m1/s1. The quantitative estimate of drug-likeness (QED) is 0.302. The maximum Gasteiger partial charge on any atom is 0.254 e. The highest BCUT2D eigenvalue weighted by molar-refractivity contribution is 6.00. The second kappa shape index (κ2) is 10.5. The maximum absolute atomic E-state index is 14.2. The van der Waals surface area contributed by atoms with Crippen LogP contribution in [0.25, 0.3) is 44.8 Å². The van der Waals surface area contributed by atoms with Crippen LogP contribution in [0.15, 0.2) is 54.6 Å². The van der Waals surface area contributed by atoms with Crippen molar-refractivity contribution in [3.8, 4) is 34.6 Å². The van der Waals surface area contributed by atoms with Gasteiger partial charge in [0, 0.05) is 42.7 Å². The third kappa shape index (κ3) is 4.79. The smallest absolute Gasteiger partial charge is 0.254 e. The zero-order valence-corrected chi connectivity index (χ0v) is 24.1. The minimum absolute atomic E-state index is 0.0233. The van der Waals surface area contributed by atoms with Crippen LogP contribution in [-0.2, 0) is 13.6 Å². The predicted octanol–water partition coefficient (Wildman–Crippen LogP) is 5.06. The first kappa shape index (κ1) is 27.1. The predicted molar refractivity (Wildman–Crippen MR) is 162 cm³/mol. The number of rotatable bonds is 6. The number of aromatic nitrogens is 4. The van der Waals surface area contributed by atoms with E-state index in [1.807, 2.05) is 41.9 Å². The minimum Gasteiger partial charge on any atom is -0.494 e. The lowest BCUT2D eigenvalue weighted by atomic mass is 10.0. The molecule has 7 rings (SSSR count). The van der Waals surface area contributed by atoms with Gasteiger partial charge in [-0.2, -0.15) is 5.26 Å². The van der Waals surface area contributed by atoms with Crippen molar-refractivity contribution in [3.63, 3.8) is 0 Å². The Bertz CT molecular complexity index is 1920. The number of hydrogen-bond donors (Lipinski definition) is 1. The third-order valence-corrected chi connectivity index (χ3v) is 8.55. The van der Waals surface area contributed by atoms with Gasteiger partial charge in [0.2, 0.25) is 0 Å². The molecule has 1 saturated heterocycles. The average molecular weight is 578 g/mol. The molecular formula is C33H32FN7O2. The van der Waals surface area contributed by atoms with Crippen molar-refractivity contribution in [2.75, 3.05) is 20.2 Å². The zero-order valence-electron chi connectivity index (χ0n) is 24.1. The summed E-state index contributed by atoms with van der Waals surface area (Å²) in [5.41, 5.74) is 11.6. The highest BCUT2D eigenvalue weighted by Gasteiger charge is 2.30. The number of piperidine rings is 1. The van der Waals surface area contributed by atoms with Gasteiger partial charge in [0.1, 0.15) is 23.1 Å². The van der Waals surface area contributed by atoms with Gasteiger partial charge in [0.25, 0.3) is 5.91 Å². The highest BCUT2D eigenvalue weighted by Crippen LogP contribution is 2.38. The van der Waals surface area contributed by atoms with Crippen molar-refractivity contribution in [2.45, 2.75) is 38.0 Å². The van der Waals surface area contributed by atoms with E-state index in [1.54, 1.807) is 25.3 Å². The number of benzene rings is 2. The van der Waals surface area contributed by atoms with E-state index in [1.165, 1.54) is 4.90 Å². The molecule has 2 N–H and O–H groups in total. The number of amides is 1. The van der Waals surface area contributed by atoms with Gasteiger partial charge < -0.3 is 24.5 Å². The van der Waals surface area contributed by atoms with Crippen LogP contribution in [0, 0.1) is 17.2 Å². The van der Waals surface area contributed by atoms with Gasteiger partial charge >= 0.3 is 0 Å². The first-order valence-electron chi connectivity index (χ1n) is 14.6. The minimum atomic E-state index is -1.14. The number of halogens is 1. The van der Waals surface area contributed by atoms with E-state index in [0.717, 1.165) is 58.7 Å². The molecule has 218 valence electrons. The molecule has 9 nitrogen and oxygen atoms in total. The first-order valence-corrected chi connectivity index (χ1v) is 14.6. The Hall–Kier alpha value is -4.75. The summed E-state index contributed by atoms with van der Waals surface area (Å²) in [5.74, 6) is 1.51. The summed E-state index contributed by atoms with van der Waals surface area (Å²) in [5, 5.41) is 10.6. The SMILES string of the molecule is COc1cc(C(=O)N2C[C@H](N)C[C@@H](F)C2)cc2nc(-c3cc4ccc(-c5ccccc5C#N)nc4n3CC3CC3)n(C)c12. The summed E-state index contributed by atoms with van der Waals surface area (Å²) in [6.07, 6.45) is 1.44. The molecule has 3 aromatic heterocycles. The average Bonchev–Trinajstić information content (AvgIpc) is 3.68. The summed E-state index contributed by atoms with van der Waals surface area (Å²) >= 11 is 0. The summed E-state index contributed by atoms with van der Waals surface area (Å²) in [6, 6.07) is 18.9. The number of carbonyl (C=O) groups is 1. The van der Waals surface area contributed by atoms with Crippen LogP contribution in [0.4, 0.5) is 4.39 Å². The Labute approximate surface area is 248 Å². The zero-order chi connectivity index (χ0) is 29.8. The summed E-state index contributed by atoms with van der Waals surface area (Å²) in [7, 11) is 3.51. The second-order valence-electron chi connectivity index (χ2n) is 11.7. The number of nitrogens with zero attached hydrogens (tertiary/aromatic N) is 6. The van der Waals surface area contributed by atoms with Gasteiger partial charge in [-0.15, -0.1) is 0 Å². The third-order valence-electron chi connectivity index (χ3n) is 8.55. The van der Waals surface area contributed by atoms with Crippen LogP contribution in [-0.4, -0.2) is 62.3 Å². The number of nitrogens with two attached hydrogens (primary N) is 1. The molecule has 4 heterocycles. The molecule has 0 radical (unpaired) electrons. The molecule has 2 aromatic carbocycles. The molecule has 1 amide bonds. The molecule has 0 spiro atoms. The molecule has 5 aromatic rings. The van der Waals surface area contributed by atoms with E-state index < -0.39 is 12.2 Å². The lowest BCUT2D eigenvalue weighted by Gasteiger charge is -2.33. The Kier molecular flexibility index (Phi) is 6.62. The highest BCUT2D eigenvalue weighted by atomic mass is 19.1. The fraction of sp³-hybridized carbons (Fsp3) is 0.333. The monoisotopic (exact) mass is 577 g/mol. The summed E-state index contributed by atoms with van der Waals surface area (Å²) < 4.78 is 24.2. The number of hydrogen-bond acceptors (Lipinski definition) is 6. The Morgan fingerprint density at radius 2 is 1.95 bits per heavy atom. The number of nitriles is 1. The van der Waals surface area contributed by atoms with Crippen molar-refractivity contribution in [3.05, 3.63) is 65.7 Å². The lowest BCUT2D eigenvalue weighted by Crippen LogP contribution is -2.50. The van der Waals surface area contributed by atoms with Crippen molar-refractivity contribution in [1.82, 2.24) is 24.0 Å². The summed E-state index contributed by atoms with van der Waals surface area (Å²) in [6.45, 7) is 1.14. The van der Waals surface area contributed by atoms with Gasteiger partial charge in [-0.25, -0.2) is 14.4 Å². The second-order valence-corrected chi connectivity index (χ2v) is 11.7. The molecule has 10 heteroatoms. The normalized spacial score (nSPS) is 18.7. The molecule has 1 saturated carbocycles. The number of likely N-dealkylation sites (tertiary alicyclic amines) is 1. The van der Waals surface area contributed by atoms with Gasteiger partial charge in [-0.05, 0) is 61.6 Å². The van der Waals surface area contributed by atoms with E-state index in [9.17, 15) is 14.4 Å². The molecule has 2 fully saturated rings. The van der Waals surface area contributed by atoms with Crippen molar-refractivity contribution >= 4 is 28.0 Å². The number of alkyl halides is 1. The van der Waals surface area contributed by atoms with Crippen LogP contribution >= 0.6 is 0 Å². The maximum atomic E-state index is 14.2. The van der Waals surface area contributed by atoms with Crippen LogP contribution in [0.2, 0.25) is 0 Å².